The van der Waals surface area contributed by atoms with E-state index in [1.54, 1.807) is 48.5 Å². The third kappa shape index (κ3) is 17.8. The van der Waals surface area contributed by atoms with Crippen molar-refractivity contribution in [3.05, 3.63) is 66.2 Å². The number of carbonyl (C=O) groups is 6. The van der Waals surface area contributed by atoms with Crippen LogP contribution in [-0.4, -0.2) is 142 Å². The summed E-state index contributed by atoms with van der Waals surface area (Å²) in [6, 6.07) is 13.6. The van der Waals surface area contributed by atoms with Gasteiger partial charge < -0.3 is 58.0 Å². The summed E-state index contributed by atoms with van der Waals surface area (Å²) in [5.41, 5.74) is 0.689. The molecule has 10 atom stereocenters. The summed E-state index contributed by atoms with van der Waals surface area (Å²) in [7, 11) is -3.86. The predicted molar refractivity (Wildman–Crippen MR) is 227 cm³/mol. The highest BCUT2D eigenvalue weighted by Crippen LogP contribution is 2.34. The van der Waals surface area contributed by atoms with Gasteiger partial charge in [0, 0.05) is 34.1 Å². The second-order valence-electron chi connectivity index (χ2n) is 14.7. The number of alkyl carbamates (subject to hydrolysis) is 1. The summed E-state index contributed by atoms with van der Waals surface area (Å²) in [4.78, 5) is 76.3. The first-order valence-corrected chi connectivity index (χ1v) is 22.8. The van der Waals surface area contributed by atoms with Crippen molar-refractivity contribution >= 4 is 80.5 Å². The molecule has 24 heteroatoms. The summed E-state index contributed by atoms with van der Waals surface area (Å²) in [5.74, 6) is -4.45. The Morgan fingerprint density at radius 1 is 0.769 bits per heavy atom. The van der Waals surface area contributed by atoms with Gasteiger partial charge in [-0.05, 0) is 24.6 Å². The van der Waals surface area contributed by atoms with Crippen LogP contribution in [0.25, 0.3) is 0 Å². The van der Waals surface area contributed by atoms with Crippen molar-refractivity contribution in [1.29, 1.82) is 0 Å². The van der Waals surface area contributed by atoms with E-state index in [9.17, 15) is 37.2 Å². The predicted octanol–water partition coefficient (Wildman–Crippen LogP) is 3.25. The van der Waals surface area contributed by atoms with E-state index in [2.05, 4.69) is 10.6 Å². The van der Waals surface area contributed by atoms with E-state index >= 15 is 0 Å². The Morgan fingerprint density at radius 2 is 1.40 bits per heavy atom. The standard InChI is InChI=1S/C41H51Cl3N2O18S/c1-23(37(51)55-16-17-65(53,54)30-14-10-7-11-15-30)60-36-34(45-24(2)47)38(58-19-28-12-8-6-9-13-28)63-32(21-57-26(4)49)35(36)64-39-33(46-40(52)59-22-41(42,43)44)31(61-27(5)50)18-29(62-39)20-56-25(3)48/h6-15,23,29,31-36,38-39H,16-22H2,1-5H3,(H,45,47)(H,46,52)/t23-,29+,31+,32-,33-,34-,35-,36-,38+,39+/m1/s1. The summed E-state index contributed by atoms with van der Waals surface area (Å²) in [5, 5.41) is 5.21. The lowest BCUT2D eigenvalue weighted by atomic mass is 9.94. The second-order valence-corrected chi connectivity index (χ2v) is 19.3. The number of nitrogens with one attached hydrogen (secondary N) is 2. The topological polar surface area (TPSA) is 253 Å². The highest BCUT2D eigenvalue weighted by atomic mass is 35.6. The number of hydrogen-bond acceptors (Lipinski definition) is 18. The summed E-state index contributed by atoms with van der Waals surface area (Å²) in [6.07, 6.45) is -12.9. The number of hydrogen-bond donors (Lipinski definition) is 2. The van der Waals surface area contributed by atoms with Gasteiger partial charge in [-0.25, -0.2) is 18.0 Å². The minimum atomic E-state index is -3.86. The number of amides is 2. The lowest BCUT2D eigenvalue weighted by molar-refractivity contribution is -0.331. The van der Waals surface area contributed by atoms with Crippen LogP contribution in [-0.2, 0) is 87.8 Å². The molecular formula is C41H51Cl3N2O18S. The summed E-state index contributed by atoms with van der Waals surface area (Å²) >= 11 is 17.4. The summed E-state index contributed by atoms with van der Waals surface area (Å²) in [6.45, 7) is 3.55. The van der Waals surface area contributed by atoms with Crippen LogP contribution in [0.4, 0.5) is 4.79 Å². The van der Waals surface area contributed by atoms with Crippen LogP contribution in [0, 0.1) is 0 Å². The molecule has 0 aliphatic carbocycles. The molecule has 0 spiro atoms. The normalized spacial score (nSPS) is 25.0. The molecule has 4 rings (SSSR count). The Kier molecular flexibility index (Phi) is 20.5. The monoisotopic (exact) mass is 996 g/mol. The number of ether oxygens (including phenoxy) is 10. The smallest absolute Gasteiger partial charge is 0.407 e. The van der Waals surface area contributed by atoms with E-state index in [4.69, 9.17) is 82.2 Å². The largest absolute Gasteiger partial charge is 0.463 e. The molecule has 2 amide bonds. The van der Waals surface area contributed by atoms with Gasteiger partial charge in [-0.3, -0.25) is 19.2 Å². The number of halogens is 3. The van der Waals surface area contributed by atoms with Gasteiger partial charge >= 0.3 is 30.0 Å². The van der Waals surface area contributed by atoms with E-state index in [-0.39, 0.29) is 24.5 Å². The van der Waals surface area contributed by atoms with Gasteiger partial charge in [0.25, 0.3) is 0 Å². The number of alkyl halides is 3. The van der Waals surface area contributed by atoms with Crippen LogP contribution in [0.2, 0.25) is 0 Å². The number of carbonyl (C=O) groups excluding carboxylic acids is 6. The van der Waals surface area contributed by atoms with Crippen molar-refractivity contribution in [2.24, 2.45) is 0 Å². The van der Waals surface area contributed by atoms with Gasteiger partial charge in [0.15, 0.2) is 28.5 Å². The van der Waals surface area contributed by atoms with Crippen molar-refractivity contribution in [3.63, 3.8) is 0 Å². The molecule has 65 heavy (non-hydrogen) atoms. The maximum atomic E-state index is 13.6. The Balaban J connectivity index is 1.77. The average molecular weight is 998 g/mol. The molecule has 0 unspecified atom stereocenters. The Morgan fingerprint density at radius 3 is 2.00 bits per heavy atom. The average Bonchev–Trinajstić information content (AvgIpc) is 3.23. The zero-order chi connectivity index (χ0) is 47.9. The van der Waals surface area contributed by atoms with Crippen molar-refractivity contribution < 1.29 is 84.6 Å². The van der Waals surface area contributed by atoms with E-state index in [0.29, 0.717) is 5.56 Å². The first-order chi connectivity index (χ1) is 30.6. The van der Waals surface area contributed by atoms with Gasteiger partial charge in [0.2, 0.25) is 9.70 Å². The summed E-state index contributed by atoms with van der Waals surface area (Å²) < 4.78 is 82.2. The molecule has 2 N–H and O–H groups in total. The highest BCUT2D eigenvalue weighted by Gasteiger charge is 2.53. The van der Waals surface area contributed by atoms with Crippen LogP contribution >= 0.6 is 34.8 Å². The molecule has 360 valence electrons. The zero-order valence-corrected chi connectivity index (χ0v) is 39.0. The Hall–Kier alpha value is -4.32. The van der Waals surface area contributed by atoms with Gasteiger partial charge in [0.05, 0.1) is 23.4 Å². The lowest BCUT2D eigenvalue weighted by Crippen LogP contribution is -2.69. The van der Waals surface area contributed by atoms with E-state index < -0.39 is 136 Å². The fourth-order valence-electron chi connectivity index (χ4n) is 6.57. The van der Waals surface area contributed by atoms with Gasteiger partial charge in [0.1, 0.15) is 62.9 Å². The molecule has 2 aromatic rings. The van der Waals surface area contributed by atoms with Crippen LogP contribution in [0.1, 0.15) is 46.6 Å². The third-order valence-corrected chi connectivity index (χ3v) is 11.4. The molecule has 2 fully saturated rings. The van der Waals surface area contributed by atoms with E-state index in [1.807, 2.05) is 0 Å². The molecule has 0 radical (unpaired) electrons. The van der Waals surface area contributed by atoms with Crippen LogP contribution in [0.5, 0.6) is 0 Å². The van der Waals surface area contributed by atoms with Gasteiger partial charge in [-0.1, -0.05) is 83.3 Å². The highest BCUT2D eigenvalue weighted by molar-refractivity contribution is 7.91. The first-order valence-electron chi connectivity index (χ1n) is 20.0. The van der Waals surface area contributed by atoms with Crippen molar-refractivity contribution in [2.45, 2.75) is 118 Å². The quantitative estimate of drug-likeness (QED) is 0.110. The number of benzene rings is 2. The number of sulfone groups is 1. The van der Waals surface area contributed by atoms with Gasteiger partial charge in [-0.15, -0.1) is 0 Å². The SMILES string of the molecule is CC(=O)N[C@H]1[C@@H](OCc2ccccc2)O[C@H](COC(C)=O)[C@@H](O[C@@H]2O[C@H](COC(C)=O)C[C@H](OC(C)=O)[C@H]2NC(=O)OCC(Cl)(Cl)Cl)[C@@H]1O[C@H](C)C(=O)OCCS(=O)(=O)c1ccccc1. The molecule has 2 heterocycles. The fourth-order valence-corrected chi connectivity index (χ4v) is 7.85. The maximum absolute atomic E-state index is 13.6. The molecule has 0 bridgehead atoms. The molecule has 2 aliphatic heterocycles. The van der Waals surface area contributed by atoms with Gasteiger partial charge in [-0.2, -0.15) is 0 Å². The second kappa shape index (κ2) is 25.0. The van der Waals surface area contributed by atoms with E-state index in [1.165, 1.54) is 26.0 Å². The van der Waals surface area contributed by atoms with Crippen LogP contribution in [0.3, 0.4) is 0 Å². The van der Waals surface area contributed by atoms with E-state index in [0.717, 1.165) is 20.8 Å². The Bertz CT molecular complexity index is 2030. The maximum Gasteiger partial charge on any atom is 0.407 e. The van der Waals surface area contributed by atoms with Crippen molar-refractivity contribution in [2.75, 3.05) is 32.2 Å². The number of esters is 4. The minimum Gasteiger partial charge on any atom is -0.463 e. The fraction of sp³-hybridized carbons (Fsp3) is 0.561. The minimum absolute atomic E-state index is 0.0170. The van der Waals surface area contributed by atoms with Crippen molar-refractivity contribution in [1.82, 2.24) is 10.6 Å². The lowest BCUT2D eigenvalue weighted by Gasteiger charge is -2.49. The molecule has 20 nitrogen and oxygen atoms in total. The Labute approximate surface area is 390 Å². The molecule has 0 aromatic heterocycles. The molecule has 2 aliphatic rings. The molecule has 0 saturated carbocycles. The molecular weight excluding hydrogens is 947 g/mol. The van der Waals surface area contributed by atoms with Crippen molar-refractivity contribution in [3.8, 4) is 0 Å². The van der Waals surface area contributed by atoms with Crippen LogP contribution < -0.4 is 10.6 Å². The zero-order valence-electron chi connectivity index (χ0n) is 35.9. The third-order valence-electron chi connectivity index (χ3n) is 9.36. The molecule has 2 aromatic carbocycles. The van der Waals surface area contributed by atoms with Crippen LogP contribution in [0.15, 0.2) is 65.6 Å². The molecule has 2 saturated heterocycles. The first kappa shape index (κ1) is 53.3. The number of rotatable bonds is 20.